The molecule has 1 aliphatic heterocycles. The lowest BCUT2D eigenvalue weighted by Gasteiger charge is -2.11. The first-order chi connectivity index (χ1) is 9.38. The van der Waals surface area contributed by atoms with Gasteiger partial charge in [0.05, 0.1) is 5.56 Å². The number of ketones is 1. The monoisotopic (exact) mass is 285 g/mol. The number of alkyl halides is 3. The van der Waals surface area contributed by atoms with E-state index in [2.05, 4.69) is 5.32 Å². The highest BCUT2D eigenvalue weighted by molar-refractivity contribution is 5.97. The molecular weight excluding hydrogens is 267 g/mol. The maximum Gasteiger partial charge on any atom is 0.416 e. The minimum Gasteiger partial charge on any atom is -0.316 e. The van der Waals surface area contributed by atoms with E-state index in [4.69, 9.17) is 0 Å². The third kappa shape index (κ3) is 3.60. The molecule has 1 unspecified atom stereocenters. The van der Waals surface area contributed by atoms with Crippen LogP contribution < -0.4 is 5.32 Å². The predicted molar refractivity (Wildman–Crippen MR) is 70.7 cm³/mol. The molecule has 1 fully saturated rings. The topological polar surface area (TPSA) is 29.1 Å². The van der Waals surface area contributed by atoms with Crippen LogP contribution in [0.1, 0.15) is 40.7 Å². The zero-order chi connectivity index (χ0) is 14.8. The van der Waals surface area contributed by atoms with Gasteiger partial charge in [0.1, 0.15) is 0 Å². The summed E-state index contributed by atoms with van der Waals surface area (Å²) in [6.45, 7) is 3.47. The van der Waals surface area contributed by atoms with Crippen LogP contribution in [0.15, 0.2) is 18.2 Å². The molecule has 110 valence electrons. The lowest BCUT2D eigenvalue weighted by atomic mass is 9.95. The minimum atomic E-state index is -4.36. The molecule has 5 heteroatoms. The number of hydrogen-bond donors (Lipinski definition) is 1. The molecule has 0 aromatic heterocycles. The van der Waals surface area contributed by atoms with E-state index < -0.39 is 11.7 Å². The Morgan fingerprint density at radius 1 is 1.40 bits per heavy atom. The molecule has 0 bridgehead atoms. The average molecular weight is 285 g/mol. The molecular formula is C15H18F3NO. The highest BCUT2D eigenvalue weighted by Crippen LogP contribution is 2.30. The summed E-state index contributed by atoms with van der Waals surface area (Å²) in [6, 6.07) is 3.33. The number of carbonyl (C=O) groups is 1. The second-order valence-electron chi connectivity index (χ2n) is 5.35. The number of carbonyl (C=O) groups excluding carboxylic acids is 1. The van der Waals surface area contributed by atoms with Crippen LogP contribution in [0.4, 0.5) is 13.2 Å². The van der Waals surface area contributed by atoms with Gasteiger partial charge in [0.2, 0.25) is 0 Å². The van der Waals surface area contributed by atoms with Gasteiger partial charge >= 0.3 is 6.18 Å². The molecule has 20 heavy (non-hydrogen) atoms. The van der Waals surface area contributed by atoms with Crippen molar-refractivity contribution in [3.05, 3.63) is 34.9 Å². The van der Waals surface area contributed by atoms with Gasteiger partial charge in [0.25, 0.3) is 0 Å². The number of nitrogens with one attached hydrogen (secondary N) is 1. The SMILES string of the molecule is Cc1cc(C(F)(F)F)ccc1C(=O)CCC1CCNC1. The lowest BCUT2D eigenvalue weighted by Crippen LogP contribution is -2.11. The summed E-state index contributed by atoms with van der Waals surface area (Å²) >= 11 is 0. The first kappa shape index (κ1) is 15.0. The van der Waals surface area contributed by atoms with E-state index in [0.717, 1.165) is 38.1 Å². The highest BCUT2D eigenvalue weighted by atomic mass is 19.4. The fourth-order valence-corrected chi connectivity index (χ4v) is 2.58. The standard InChI is InChI=1S/C15H18F3NO/c1-10-8-12(15(16,17)18)3-4-13(10)14(20)5-2-11-6-7-19-9-11/h3-4,8,11,19H,2,5-7,9H2,1H3. The van der Waals surface area contributed by atoms with Gasteiger partial charge in [-0.05, 0) is 56.5 Å². The molecule has 0 saturated carbocycles. The molecule has 1 N–H and O–H groups in total. The van der Waals surface area contributed by atoms with Crippen molar-refractivity contribution >= 4 is 5.78 Å². The van der Waals surface area contributed by atoms with Crippen molar-refractivity contribution in [1.82, 2.24) is 5.32 Å². The Hall–Kier alpha value is -1.36. The molecule has 1 saturated heterocycles. The first-order valence-electron chi connectivity index (χ1n) is 6.79. The molecule has 0 aliphatic carbocycles. The third-order valence-corrected chi connectivity index (χ3v) is 3.80. The summed E-state index contributed by atoms with van der Waals surface area (Å²) in [5.41, 5.74) is 0.102. The highest BCUT2D eigenvalue weighted by Gasteiger charge is 2.31. The molecule has 1 aliphatic rings. The van der Waals surface area contributed by atoms with E-state index in [-0.39, 0.29) is 5.78 Å². The molecule has 1 aromatic carbocycles. The predicted octanol–water partition coefficient (Wildman–Crippen LogP) is 3.59. The first-order valence-corrected chi connectivity index (χ1v) is 6.79. The van der Waals surface area contributed by atoms with Crippen LogP contribution in [0.2, 0.25) is 0 Å². The largest absolute Gasteiger partial charge is 0.416 e. The Morgan fingerprint density at radius 2 is 2.15 bits per heavy atom. The number of rotatable bonds is 4. The quantitative estimate of drug-likeness (QED) is 0.857. The zero-order valence-electron chi connectivity index (χ0n) is 11.4. The zero-order valence-corrected chi connectivity index (χ0v) is 11.4. The Kier molecular flexibility index (Phi) is 4.48. The third-order valence-electron chi connectivity index (χ3n) is 3.80. The van der Waals surface area contributed by atoms with Crippen molar-refractivity contribution in [2.45, 2.75) is 32.4 Å². The number of hydrogen-bond acceptors (Lipinski definition) is 2. The van der Waals surface area contributed by atoms with Crippen molar-refractivity contribution in [2.75, 3.05) is 13.1 Å². The van der Waals surface area contributed by atoms with E-state index >= 15 is 0 Å². The average Bonchev–Trinajstić information content (AvgIpc) is 2.87. The number of Topliss-reactive ketones (excluding diaryl/α,β-unsaturated/α-hetero) is 1. The van der Waals surface area contributed by atoms with Crippen LogP contribution >= 0.6 is 0 Å². The normalized spacial score (nSPS) is 19.3. The maximum atomic E-state index is 12.6. The Bertz CT molecular complexity index is 490. The van der Waals surface area contributed by atoms with Crippen LogP contribution in [0.25, 0.3) is 0 Å². The van der Waals surface area contributed by atoms with Crippen LogP contribution in [0.3, 0.4) is 0 Å². The van der Waals surface area contributed by atoms with Gasteiger partial charge in [-0.3, -0.25) is 4.79 Å². The maximum absolute atomic E-state index is 12.6. The molecule has 0 radical (unpaired) electrons. The summed E-state index contributed by atoms with van der Waals surface area (Å²) in [6.07, 6.45) is -2.09. The van der Waals surface area contributed by atoms with Crippen LogP contribution in [-0.2, 0) is 6.18 Å². The van der Waals surface area contributed by atoms with E-state index in [1.165, 1.54) is 6.07 Å². The van der Waals surface area contributed by atoms with Crippen molar-refractivity contribution < 1.29 is 18.0 Å². The van der Waals surface area contributed by atoms with Gasteiger partial charge in [0, 0.05) is 12.0 Å². The van der Waals surface area contributed by atoms with Crippen molar-refractivity contribution in [2.24, 2.45) is 5.92 Å². The van der Waals surface area contributed by atoms with Gasteiger partial charge in [0.15, 0.2) is 5.78 Å². The Labute approximate surface area is 116 Å². The van der Waals surface area contributed by atoms with E-state index in [1.54, 1.807) is 6.92 Å². The fraction of sp³-hybridized carbons (Fsp3) is 0.533. The summed E-state index contributed by atoms with van der Waals surface area (Å²) in [4.78, 5) is 12.1. The van der Waals surface area contributed by atoms with E-state index in [0.29, 0.717) is 23.5 Å². The van der Waals surface area contributed by atoms with Crippen molar-refractivity contribution in [3.63, 3.8) is 0 Å². The van der Waals surface area contributed by atoms with Crippen molar-refractivity contribution in [3.8, 4) is 0 Å². The lowest BCUT2D eigenvalue weighted by molar-refractivity contribution is -0.137. The summed E-state index contributed by atoms with van der Waals surface area (Å²) < 4.78 is 37.7. The Balaban J connectivity index is 2.02. The second kappa shape index (κ2) is 5.95. The molecule has 1 aromatic rings. The number of halogens is 3. The van der Waals surface area contributed by atoms with Crippen LogP contribution in [0, 0.1) is 12.8 Å². The summed E-state index contributed by atoms with van der Waals surface area (Å²) in [7, 11) is 0. The molecule has 1 heterocycles. The van der Waals surface area contributed by atoms with E-state index in [1.807, 2.05) is 0 Å². The summed E-state index contributed by atoms with van der Waals surface area (Å²) in [5.74, 6) is 0.442. The number of aryl methyl sites for hydroxylation is 1. The van der Waals surface area contributed by atoms with Crippen molar-refractivity contribution in [1.29, 1.82) is 0 Å². The molecule has 2 nitrogen and oxygen atoms in total. The Morgan fingerprint density at radius 3 is 2.70 bits per heavy atom. The van der Waals surface area contributed by atoms with Gasteiger partial charge in [-0.2, -0.15) is 13.2 Å². The fourth-order valence-electron chi connectivity index (χ4n) is 2.58. The van der Waals surface area contributed by atoms with Gasteiger partial charge in [-0.1, -0.05) is 6.07 Å². The molecule has 2 rings (SSSR count). The molecule has 0 spiro atoms. The van der Waals surface area contributed by atoms with Gasteiger partial charge in [-0.25, -0.2) is 0 Å². The summed E-state index contributed by atoms with van der Waals surface area (Å²) in [5, 5.41) is 3.23. The smallest absolute Gasteiger partial charge is 0.316 e. The molecule has 0 amide bonds. The van der Waals surface area contributed by atoms with Gasteiger partial charge in [-0.15, -0.1) is 0 Å². The second-order valence-corrected chi connectivity index (χ2v) is 5.35. The van der Waals surface area contributed by atoms with Gasteiger partial charge < -0.3 is 5.32 Å². The number of benzene rings is 1. The van der Waals surface area contributed by atoms with E-state index in [9.17, 15) is 18.0 Å². The van der Waals surface area contributed by atoms with Crippen LogP contribution in [-0.4, -0.2) is 18.9 Å². The molecule has 1 atom stereocenters. The van der Waals surface area contributed by atoms with Crippen LogP contribution in [0.5, 0.6) is 0 Å². The minimum absolute atomic E-state index is 0.0666.